The lowest BCUT2D eigenvalue weighted by Crippen LogP contribution is -2.44. The van der Waals surface area contributed by atoms with Gasteiger partial charge in [-0.3, -0.25) is 19.7 Å². The van der Waals surface area contributed by atoms with Crippen molar-refractivity contribution in [1.29, 1.82) is 0 Å². The van der Waals surface area contributed by atoms with E-state index in [1.807, 2.05) is 0 Å². The summed E-state index contributed by atoms with van der Waals surface area (Å²) in [5.74, 6) is -1.46. The molecule has 8 heteroatoms. The van der Waals surface area contributed by atoms with E-state index in [1.54, 1.807) is 6.07 Å². The van der Waals surface area contributed by atoms with Crippen molar-refractivity contribution in [3.63, 3.8) is 0 Å². The molecule has 0 aliphatic rings. The number of nitrogens with one attached hydrogen (secondary N) is 2. The minimum Gasteiger partial charge on any atom is -0.350 e. The SMILES string of the molecule is CC(NC(=O)c1cccc([N+](=O)[O-])c1)C(=O)NCc1cccc(F)c1. The van der Waals surface area contributed by atoms with Gasteiger partial charge in [-0.2, -0.15) is 0 Å². The Morgan fingerprint density at radius 1 is 1.20 bits per heavy atom. The first-order valence-corrected chi connectivity index (χ1v) is 7.44. The molecule has 25 heavy (non-hydrogen) atoms. The van der Waals surface area contributed by atoms with Crippen LogP contribution in [0.15, 0.2) is 48.5 Å². The van der Waals surface area contributed by atoms with Crippen molar-refractivity contribution in [3.05, 3.63) is 75.6 Å². The van der Waals surface area contributed by atoms with Crippen LogP contribution < -0.4 is 10.6 Å². The minimum absolute atomic E-state index is 0.0824. The quantitative estimate of drug-likeness (QED) is 0.619. The predicted octanol–water partition coefficient (Wildman–Crippen LogP) is 2.17. The zero-order valence-electron chi connectivity index (χ0n) is 13.4. The molecule has 2 rings (SSSR count). The molecule has 2 amide bonds. The molecule has 0 aliphatic heterocycles. The molecule has 0 saturated carbocycles. The molecule has 1 atom stereocenters. The van der Waals surface area contributed by atoms with Crippen LogP contribution in [-0.2, 0) is 11.3 Å². The summed E-state index contributed by atoms with van der Waals surface area (Å²) in [4.78, 5) is 34.2. The number of carbonyl (C=O) groups is 2. The Morgan fingerprint density at radius 2 is 1.92 bits per heavy atom. The zero-order valence-corrected chi connectivity index (χ0v) is 13.4. The second-order valence-corrected chi connectivity index (χ2v) is 5.35. The van der Waals surface area contributed by atoms with Gasteiger partial charge in [-0.05, 0) is 30.7 Å². The van der Waals surface area contributed by atoms with Crippen LogP contribution in [0.2, 0.25) is 0 Å². The predicted molar refractivity (Wildman–Crippen MR) is 88.3 cm³/mol. The van der Waals surface area contributed by atoms with Gasteiger partial charge in [0.25, 0.3) is 11.6 Å². The highest BCUT2D eigenvalue weighted by Crippen LogP contribution is 2.13. The molecule has 0 aliphatic carbocycles. The molecule has 0 heterocycles. The number of nitrogens with zero attached hydrogens (tertiary/aromatic N) is 1. The molecular formula is C17H16FN3O4. The molecular weight excluding hydrogens is 329 g/mol. The van der Waals surface area contributed by atoms with Gasteiger partial charge in [0, 0.05) is 24.2 Å². The van der Waals surface area contributed by atoms with Gasteiger partial charge in [-0.1, -0.05) is 18.2 Å². The van der Waals surface area contributed by atoms with Crippen molar-refractivity contribution in [2.75, 3.05) is 0 Å². The fourth-order valence-electron chi connectivity index (χ4n) is 2.10. The van der Waals surface area contributed by atoms with Gasteiger partial charge in [0.2, 0.25) is 5.91 Å². The van der Waals surface area contributed by atoms with Crippen molar-refractivity contribution in [2.24, 2.45) is 0 Å². The Balaban J connectivity index is 1.93. The first-order valence-electron chi connectivity index (χ1n) is 7.44. The number of halogens is 1. The largest absolute Gasteiger partial charge is 0.350 e. The van der Waals surface area contributed by atoms with Gasteiger partial charge in [-0.25, -0.2) is 4.39 Å². The molecule has 2 aromatic rings. The summed E-state index contributed by atoms with van der Waals surface area (Å²) < 4.78 is 13.1. The number of hydrogen-bond acceptors (Lipinski definition) is 4. The normalized spacial score (nSPS) is 11.4. The number of benzene rings is 2. The summed E-state index contributed by atoms with van der Waals surface area (Å²) in [6.07, 6.45) is 0. The molecule has 0 aromatic heterocycles. The average Bonchev–Trinajstić information content (AvgIpc) is 2.59. The number of amides is 2. The number of nitro benzene ring substituents is 1. The molecule has 0 spiro atoms. The van der Waals surface area contributed by atoms with E-state index >= 15 is 0 Å². The summed E-state index contributed by atoms with van der Waals surface area (Å²) in [5.41, 5.74) is 0.459. The zero-order chi connectivity index (χ0) is 18.4. The number of carbonyl (C=O) groups excluding carboxylic acids is 2. The van der Waals surface area contributed by atoms with Crippen molar-refractivity contribution in [3.8, 4) is 0 Å². The van der Waals surface area contributed by atoms with Gasteiger partial charge >= 0.3 is 0 Å². The molecule has 2 N–H and O–H groups in total. The van der Waals surface area contributed by atoms with Crippen molar-refractivity contribution in [1.82, 2.24) is 10.6 Å². The third kappa shape index (κ3) is 5.10. The molecule has 0 bridgehead atoms. The fraction of sp³-hybridized carbons (Fsp3) is 0.176. The molecule has 0 saturated heterocycles. The third-order valence-corrected chi connectivity index (χ3v) is 3.42. The maximum atomic E-state index is 13.1. The summed E-state index contributed by atoms with van der Waals surface area (Å²) >= 11 is 0. The van der Waals surface area contributed by atoms with Crippen LogP contribution in [0.3, 0.4) is 0 Å². The lowest BCUT2D eigenvalue weighted by atomic mass is 10.1. The first-order chi connectivity index (χ1) is 11.9. The number of rotatable bonds is 6. The van der Waals surface area contributed by atoms with E-state index in [-0.39, 0.29) is 17.8 Å². The van der Waals surface area contributed by atoms with Crippen molar-refractivity contribution in [2.45, 2.75) is 19.5 Å². The highest BCUT2D eigenvalue weighted by atomic mass is 19.1. The van der Waals surface area contributed by atoms with E-state index in [9.17, 15) is 24.1 Å². The standard InChI is InChI=1S/C17H16FN3O4/c1-11(16(22)19-10-12-4-2-6-14(18)8-12)20-17(23)13-5-3-7-15(9-13)21(24)25/h2-9,11H,10H2,1H3,(H,19,22)(H,20,23). The molecule has 0 fully saturated rings. The number of nitro groups is 1. The van der Waals surface area contributed by atoms with Crippen LogP contribution in [0.4, 0.5) is 10.1 Å². The molecule has 0 radical (unpaired) electrons. The third-order valence-electron chi connectivity index (χ3n) is 3.42. The van der Waals surface area contributed by atoms with Gasteiger partial charge < -0.3 is 10.6 Å². The monoisotopic (exact) mass is 345 g/mol. The smallest absolute Gasteiger partial charge is 0.270 e. The number of hydrogen-bond donors (Lipinski definition) is 2. The van der Waals surface area contributed by atoms with Crippen LogP contribution in [0, 0.1) is 15.9 Å². The van der Waals surface area contributed by atoms with E-state index < -0.39 is 28.6 Å². The fourth-order valence-corrected chi connectivity index (χ4v) is 2.10. The van der Waals surface area contributed by atoms with Gasteiger partial charge in [0.05, 0.1) is 4.92 Å². The van der Waals surface area contributed by atoms with Crippen LogP contribution >= 0.6 is 0 Å². The lowest BCUT2D eigenvalue weighted by molar-refractivity contribution is -0.384. The van der Waals surface area contributed by atoms with Gasteiger partial charge in [0.1, 0.15) is 11.9 Å². The van der Waals surface area contributed by atoms with E-state index in [4.69, 9.17) is 0 Å². The van der Waals surface area contributed by atoms with Gasteiger partial charge in [0.15, 0.2) is 0 Å². The van der Waals surface area contributed by atoms with Crippen molar-refractivity contribution >= 4 is 17.5 Å². The highest BCUT2D eigenvalue weighted by molar-refractivity contribution is 5.97. The van der Waals surface area contributed by atoms with Crippen LogP contribution in [-0.4, -0.2) is 22.8 Å². The van der Waals surface area contributed by atoms with E-state index in [1.165, 1.54) is 43.3 Å². The molecule has 1 unspecified atom stereocenters. The molecule has 130 valence electrons. The van der Waals surface area contributed by atoms with Crippen LogP contribution in [0.5, 0.6) is 0 Å². The van der Waals surface area contributed by atoms with E-state index in [0.717, 1.165) is 6.07 Å². The summed E-state index contributed by atoms with van der Waals surface area (Å²) in [6.45, 7) is 1.60. The lowest BCUT2D eigenvalue weighted by Gasteiger charge is -2.14. The van der Waals surface area contributed by atoms with Gasteiger partial charge in [-0.15, -0.1) is 0 Å². The Labute approximate surface area is 143 Å². The topological polar surface area (TPSA) is 101 Å². The highest BCUT2D eigenvalue weighted by Gasteiger charge is 2.18. The van der Waals surface area contributed by atoms with Crippen LogP contribution in [0.1, 0.15) is 22.8 Å². The molecule has 2 aromatic carbocycles. The minimum atomic E-state index is -0.861. The maximum absolute atomic E-state index is 13.1. The Kier molecular flexibility index (Phi) is 5.78. The second-order valence-electron chi connectivity index (χ2n) is 5.35. The summed E-state index contributed by atoms with van der Waals surface area (Å²) in [5, 5.41) is 15.8. The molecule has 7 nitrogen and oxygen atoms in total. The average molecular weight is 345 g/mol. The summed E-state index contributed by atoms with van der Waals surface area (Å²) in [6, 6.07) is 10.1. The van der Waals surface area contributed by atoms with E-state index in [2.05, 4.69) is 10.6 Å². The van der Waals surface area contributed by atoms with E-state index in [0.29, 0.717) is 5.56 Å². The Morgan fingerprint density at radius 3 is 2.60 bits per heavy atom. The number of non-ortho nitro benzene ring substituents is 1. The van der Waals surface area contributed by atoms with Crippen LogP contribution in [0.25, 0.3) is 0 Å². The summed E-state index contributed by atoms with van der Waals surface area (Å²) in [7, 11) is 0. The van der Waals surface area contributed by atoms with Crippen molar-refractivity contribution < 1.29 is 18.9 Å². The first kappa shape index (κ1) is 18.1. The maximum Gasteiger partial charge on any atom is 0.270 e. The Hall–Kier alpha value is -3.29. The second kappa shape index (κ2) is 8.00. The Bertz CT molecular complexity index is 810.